The molecule has 0 radical (unpaired) electrons. The molecule has 178 valence electrons. The topological polar surface area (TPSA) is 87.7 Å². The fourth-order valence-electron chi connectivity index (χ4n) is 3.61. The van der Waals surface area contributed by atoms with Crippen molar-refractivity contribution in [1.29, 1.82) is 0 Å². The van der Waals surface area contributed by atoms with Crippen LogP contribution in [0.5, 0.6) is 5.75 Å². The summed E-state index contributed by atoms with van der Waals surface area (Å²) in [4.78, 5) is 13.0. The molecule has 1 aliphatic heterocycles. The number of hydrogen-bond donors (Lipinski definition) is 2. The minimum Gasteiger partial charge on any atom is -0.493 e. The lowest BCUT2D eigenvalue weighted by Crippen LogP contribution is -2.35. The molecule has 0 unspecified atom stereocenters. The summed E-state index contributed by atoms with van der Waals surface area (Å²) in [5.74, 6) is 0.143. The maximum atomic E-state index is 12.8. The number of hydrogen-bond acceptors (Lipinski definition) is 5. The Morgan fingerprint density at radius 3 is 2.42 bits per heavy atom. The zero-order chi connectivity index (χ0) is 23.7. The van der Waals surface area contributed by atoms with Crippen molar-refractivity contribution in [3.8, 4) is 5.75 Å². The highest BCUT2D eigenvalue weighted by Gasteiger charge is 2.25. The van der Waals surface area contributed by atoms with Gasteiger partial charge in [0.2, 0.25) is 10.0 Å². The van der Waals surface area contributed by atoms with Gasteiger partial charge in [-0.3, -0.25) is 10.1 Å². The van der Waals surface area contributed by atoms with Gasteiger partial charge in [-0.15, -0.1) is 0 Å². The SMILES string of the molecule is CCCCCOc1ccccc1C(=O)NC(=S)Nc1ccc(S(=O)(=O)N2CCCCC2)cc1. The van der Waals surface area contributed by atoms with E-state index < -0.39 is 10.0 Å². The number of nitrogens with zero attached hydrogens (tertiary/aromatic N) is 1. The number of ether oxygens (including phenoxy) is 1. The van der Waals surface area contributed by atoms with Gasteiger partial charge in [0.25, 0.3) is 5.91 Å². The van der Waals surface area contributed by atoms with Crippen LogP contribution in [0.4, 0.5) is 5.69 Å². The third-order valence-corrected chi connectivity index (χ3v) is 7.55. The lowest BCUT2D eigenvalue weighted by molar-refractivity contribution is 0.0973. The molecule has 0 spiro atoms. The second-order valence-electron chi connectivity index (χ2n) is 7.95. The lowest BCUT2D eigenvalue weighted by atomic mass is 10.2. The average Bonchev–Trinajstić information content (AvgIpc) is 2.83. The molecule has 0 saturated carbocycles. The first kappa shape index (κ1) is 25.1. The Labute approximate surface area is 201 Å². The maximum absolute atomic E-state index is 12.8. The second-order valence-corrected chi connectivity index (χ2v) is 10.3. The summed E-state index contributed by atoms with van der Waals surface area (Å²) in [6.07, 6.45) is 5.93. The summed E-state index contributed by atoms with van der Waals surface area (Å²) < 4.78 is 32.9. The van der Waals surface area contributed by atoms with Crippen molar-refractivity contribution in [1.82, 2.24) is 9.62 Å². The molecule has 3 rings (SSSR count). The van der Waals surface area contributed by atoms with Crippen LogP contribution in [0.25, 0.3) is 0 Å². The Kier molecular flexibility index (Phi) is 9.22. The van der Waals surface area contributed by atoms with Crippen LogP contribution in [0.15, 0.2) is 53.4 Å². The molecule has 1 fully saturated rings. The number of sulfonamides is 1. The summed E-state index contributed by atoms with van der Waals surface area (Å²) >= 11 is 5.28. The highest BCUT2D eigenvalue weighted by molar-refractivity contribution is 7.89. The third kappa shape index (κ3) is 6.99. The summed E-state index contributed by atoms with van der Waals surface area (Å²) in [7, 11) is -3.49. The van der Waals surface area contributed by atoms with Crippen molar-refractivity contribution < 1.29 is 17.9 Å². The molecule has 1 heterocycles. The van der Waals surface area contributed by atoms with Gasteiger partial charge in [-0.1, -0.05) is 38.3 Å². The number of carbonyl (C=O) groups is 1. The molecule has 9 heteroatoms. The van der Waals surface area contributed by atoms with E-state index in [1.54, 1.807) is 42.5 Å². The van der Waals surface area contributed by atoms with Gasteiger partial charge in [0.1, 0.15) is 5.75 Å². The first-order chi connectivity index (χ1) is 15.9. The van der Waals surface area contributed by atoms with Crippen LogP contribution in [0.1, 0.15) is 55.8 Å². The van der Waals surface area contributed by atoms with Crippen LogP contribution in [0.2, 0.25) is 0 Å². The van der Waals surface area contributed by atoms with Crippen LogP contribution in [0.3, 0.4) is 0 Å². The van der Waals surface area contributed by atoms with Gasteiger partial charge in [-0.25, -0.2) is 8.42 Å². The number of thiocarbonyl (C=S) groups is 1. The highest BCUT2D eigenvalue weighted by atomic mass is 32.2. The van der Waals surface area contributed by atoms with Crippen molar-refractivity contribution in [3.63, 3.8) is 0 Å². The summed E-state index contributed by atoms with van der Waals surface area (Å²) in [5.41, 5.74) is 0.989. The van der Waals surface area contributed by atoms with E-state index in [-0.39, 0.29) is 15.9 Å². The van der Waals surface area contributed by atoms with Crippen molar-refractivity contribution in [2.75, 3.05) is 25.0 Å². The molecular weight excluding hydrogens is 458 g/mol. The monoisotopic (exact) mass is 489 g/mol. The normalized spacial score (nSPS) is 14.5. The van der Waals surface area contributed by atoms with E-state index in [9.17, 15) is 13.2 Å². The summed E-state index contributed by atoms with van der Waals surface area (Å²) in [5, 5.41) is 5.71. The number of anilines is 1. The van der Waals surface area contributed by atoms with E-state index >= 15 is 0 Å². The standard InChI is InChI=1S/C24H31N3O4S2/c1-2-3-9-18-31-22-11-6-5-10-21(22)23(28)26-24(32)25-19-12-14-20(15-13-19)33(29,30)27-16-7-4-8-17-27/h5-6,10-15H,2-4,7-9,16-18H2,1H3,(H2,25,26,28,32). The van der Waals surface area contributed by atoms with Crippen LogP contribution >= 0.6 is 12.2 Å². The van der Waals surface area contributed by atoms with E-state index in [4.69, 9.17) is 17.0 Å². The zero-order valence-corrected chi connectivity index (χ0v) is 20.5. The number of piperidine rings is 1. The molecule has 1 amide bonds. The fraction of sp³-hybridized carbons (Fsp3) is 0.417. The van der Waals surface area contributed by atoms with E-state index in [2.05, 4.69) is 17.6 Å². The van der Waals surface area contributed by atoms with Gasteiger partial charge >= 0.3 is 0 Å². The molecule has 0 atom stereocenters. The number of amides is 1. The van der Waals surface area contributed by atoms with Crippen LogP contribution < -0.4 is 15.4 Å². The maximum Gasteiger partial charge on any atom is 0.261 e. The van der Waals surface area contributed by atoms with Gasteiger partial charge in [0.05, 0.1) is 17.1 Å². The Bertz CT molecular complexity index is 1050. The Balaban J connectivity index is 1.58. The van der Waals surface area contributed by atoms with Crippen molar-refractivity contribution in [2.24, 2.45) is 0 Å². The number of nitrogens with one attached hydrogen (secondary N) is 2. The van der Waals surface area contributed by atoms with Gasteiger partial charge in [-0.2, -0.15) is 4.31 Å². The minimum absolute atomic E-state index is 0.118. The highest BCUT2D eigenvalue weighted by Crippen LogP contribution is 2.22. The van der Waals surface area contributed by atoms with E-state index in [0.29, 0.717) is 36.7 Å². The largest absolute Gasteiger partial charge is 0.493 e. The van der Waals surface area contributed by atoms with E-state index in [0.717, 1.165) is 38.5 Å². The van der Waals surface area contributed by atoms with Crippen LogP contribution in [0, 0.1) is 0 Å². The van der Waals surface area contributed by atoms with E-state index in [1.807, 2.05) is 6.07 Å². The number of carbonyl (C=O) groups excluding carboxylic acids is 1. The predicted octanol–water partition coefficient (Wildman–Crippen LogP) is 4.56. The van der Waals surface area contributed by atoms with Gasteiger partial charge < -0.3 is 10.1 Å². The number of unbranched alkanes of at least 4 members (excludes halogenated alkanes) is 2. The molecule has 33 heavy (non-hydrogen) atoms. The summed E-state index contributed by atoms with van der Waals surface area (Å²) in [6, 6.07) is 13.4. The van der Waals surface area contributed by atoms with Gasteiger partial charge in [0.15, 0.2) is 5.11 Å². The molecule has 1 aliphatic rings. The smallest absolute Gasteiger partial charge is 0.261 e. The first-order valence-corrected chi connectivity index (χ1v) is 13.2. The first-order valence-electron chi connectivity index (χ1n) is 11.4. The van der Waals surface area contributed by atoms with Gasteiger partial charge in [-0.05, 0) is 67.9 Å². The Hall–Kier alpha value is -2.49. The molecule has 0 aliphatic carbocycles. The number of benzene rings is 2. The predicted molar refractivity (Wildman–Crippen MR) is 134 cm³/mol. The van der Waals surface area contributed by atoms with Crippen molar-refractivity contribution in [3.05, 3.63) is 54.1 Å². The third-order valence-electron chi connectivity index (χ3n) is 5.43. The number of para-hydroxylation sites is 1. The van der Waals surface area contributed by atoms with Crippen LogP contribution in [-0.4, -0.2) is 43.4 Å². The minimum atomic E-state index is -3.49. The van der Waals surface area contributed by atoms with Crippen LogP contribution in [-0.2, 0) is 10.0 Å². The quantitative estimate of drug-likeness (QED) is 0.397. The molecule has 2 N–H and O–H groups in total. The molecule has 7 nitrogen and oxygen atoms in total. The Morgan fingerprint density at radius 2 is 1.73 bits per heavy atom. The molecule has 0 bridgehead atoms. The summed E-state index contributed by atoms with van der Waals surface area (Å²) in [6.45, 7) is 3.79. The fourth-order valence-corrected chi connectivity index (χ4v) is 5.34. The van der Waals surface area contributed by atoms with Crippen molar-refractivity contribution >= 4 is 38.9 Å². The van der Waals surface area contributed by atoms with Crippen molar-refractivity contribution in [2.45, 2.75) is 50.3 Å². The molecular formula is C24H31N3O4S2. The second kappa shape index (κ2) is 12.1. The lowest BCUT2D eigenvalue weighted by Gasteiger charge is -2.25. The zero-order valence-electron chi connectivity index (χ0n) is 18.9. The number of rotatable bonds is 9. The molecule has 0 aromatic heterocycles. The van der Waals surface area contributed by atoms with Gasteiger partial charge in [0, 0.05) is 18.8 Å². The molecule has 1 saturated heterocycles. The average molecular weight is 490 g/mol. The van der Waals surface area contributed by atoms with E-state index in [1.165, 1.54) is 4.31 Å². The Morgan fingerprint density at radius 1 is 1.03 bits per heavy atom. The molecule has 2 aromatic carbocycles. The molecule has 2 aromatic rings.